The average Bonchev–Trinajstić information content (AvgIpc) is 2.65. The highest BCUT2D eigenvalue weighted by Crippen LogP contribution is 2.43. The predicted octanol–water partition coefficient (Wildman–Crippen LogP) is 6.43. The van der Waals surface area contributed by atoms with Crippen LogP contribution in [0.15, 0.2) is 30.9 Å². The molecule has 0 saturated heterocycles. The molecule has 1 aromatic carbocycles. The van der Waals surface area contributed by atoms with Crippen LogP contribution >= 0.6 is 11.6 Å². The lowest BCUT2D eigenvalue weighted by Crippen LogP contribution is -2.29. The van der Waals surface area contributed by atoms with E-state index in [4.69, 9.17) is 16.3 Å². The molecule has 2 saturated carbocycles. The van der Waals surface area contributed by atoms with Gasteiger partial charge in [0.05, 0.1) is 11.4 Å². The van der Waals surface area contributed by atoms with E-state index < -0.39 is 0 Å². The summed E-state index contributed by atoms with van der Waals surface area (Å²) in [4.78, 5) is 11.6. The molecule has 0 bridgehead atoms. The van der Waals surface area contributed by atoms with E-state index in [1.165, 1.54) is 12.8 Å². The second-order valence-electron chi connectivity index (χ2n) is 7.80. The van der Waals surface area contributed by atoms with Gasteiger partial charge >= 0.3 is 5.97 Å². The third-order valence-electron chi connectivity index (χ3n) is 6.18. The monoisotopic (exact) mass is 378 g/mol. The fourth-order valence-corrected chi connectivity index (χ4v) is 4.84. The molecule has 0 aliphatic heterocycles. The van der Waals surface area contributed by atoms with Crippen molar-refractivity contribution in [3.8, 4) is 0 Å². The van der Waals surface area contributed by atoms with Crippen molar-refractivity contribution in [2.24, 2.45) is 11.8 Å². The minimum absolute atomic E-state index is 0.0899. The van der Waals surface area contributed by atoms with E-state index in [1.54, 1.807) is 18.2 Å². The van der Waals surface area contributed by atoms with Crippen LogP contribution in [0.4, 0.5) is 4.39 Å². The highest BCUT2D eigenvalue weighted by molar-refractivity contribution is 6.30. The summed E-state index contributed by atoms with van der Waals surface area (Å²) in [5.41, 5.74) is 1.09. The zero-order chi connectivity index (χ0) is 18.5. The van der Waals surface area contributed by atoms with E-state index in [-0.39, 0.29) is 22.9 Å². The number of hydrogen-bond donors (Lipinski definition) is 0. The highest BCUT2D eigenvalue weighted by atomic mass is 35.5. The lowest BCUT2D eigenvalue weighted by molar-refractivity contribution is -0.150. The third-order valence-corrected chi connectivity index (χ3v) is 6.49. The van der Waals surface area contributed by atoms with Gasteiger partial charge in [0.25, 0.3) is 0 Å². The van der Waals surface area contributed by atoms with Gasteiger partial charge < -0.3 is 4.74 Å². The number of rotatable bonds is 5. The third kappa shape index (κ3) is 4.88. The second kappa shape index (κ2) is 9.03. The van der Waals surface area contributed by atoms with Gasteiger partial charge in [-0.2, -0.15) is 0 Å². The number of benzene rings is 1. The standard InChI is InChI=1S/C22H28ClFO2/c1-2-3-22(25)26-19-11-8-16(9-12-19)15-4-6-17(7-5-15)18-10-13-20(23)21(24)14-18/h2,10,13-17,19H,1,3-9,11-12H2. The minimum atomic E-state index is -0.310. The van der Waals surface area contributed by atoms with E-state index in [0.29, 0.717) is 12.3 Å². The Hall–Kier alpha value is -1.35. The average molecular weight is 379 g/mol. The lowest BCUT2D eigenvalue weighted by Gasteiger charge is -2.37. The van der Waals surface area contributed by atoms with Gasteiger partial charge in [-0.25, -0.2) is 4.39 Å². The summed E-state index contributed by atoms with van der Waals surface area (Å²) in [6.45, 7) is 3.58. The highest BCUT2D eigenvalue weighted by Gasteiger charge is 2.32. The van der Waals surface area contributed by atoms with Crippen molar-refractivity contribution in [1.29, 1.82) is 0 Å². The van der Waals surface area contributed by atoms with Crippen molar-refractivity contribution in [2.75, 3.05) is 0 Å². The van der Waals surface area contributed by atoms with Crippen molar-refractivity contribution in [3.05, 3.63) is 47.3 Å². The molecule has 3 rings (SSSR count). The first-order chi connectivity index (χ1) is 12.6. The van der Waals surface area contributed by atoms with Gasteiger partial charge in [0.2, 0.25) is 0 Å². The Morgan fingerprint density at radius 1 is 1.12 bits per heavy atom. The van der Waals surface area contributed by atoms with Crippen molar-refractivity contribution in [2.45, 2.75) is 69.8 Å². The summed E-state index contributed by atoms with van der Waals surface area (Å²) in [6, 6.07) is 5.25. The number of halogens is 2. The van der Waals surface area contributed by atoms with Gasteiger partial charge in [-0.1, -0.05) is 23.7 Å². The molecule has 2 aliphatic rings. The smallest absolute Gasteiger partial charge is 0.309 e. The quantitative estimate of drug-likeness (QED) is 0.435. The maximum atomic E-state index is 13.7. The van der Waals surface area contributed by atoms with Crippen LogP contribution in [0, 0.1) is 17.7 Å². The molecule has 0 N–H and O–H groups in total. The summed E-state index contributed by atoms with van der Waals surface area (Å²) < 4.78 is 19.2. The van der Waals surface area contributed by atoms with Crippen LogP contribution in [-0.4, -0.2) is 12.1 Å². The lowest BCUT2D eigenvalue weighted by atomic mass is 9.69. The molecule has 0 spiro atoms. The van der Waals surface area contributed by atoms with Gasteiger partial charge in [-0.05, 0) is 86.8 Å². The molecule has 2 fully saturated rings. The van der Waals surface area contributed by atoms with Crippen molar-refractivity contribution in [3.63, 3.8) is 0 Å². The Balaban J connectivity index is 1.45. The Morgan fingerprint density at radius 2 is 1.73 bits per heavy atom. The molecule has 1 aromatic rings. The van der Waals surface area contributed by atoms with E-state index in [2.05, 4.69) is 6.58 Å². The molecule has 2 nitrogen and oxygen atoms in total. The Kier molecular flexibility index (Phi) is 6.74. The first kappa shape index (κ1) is 19.4. The first-order valence-corrected chi connectivity index (χ1v) is 10.2. The molecule has 2 aliphatic carbocycles. The zero-order valence-corrected chi connectivity index (χ0v) is 16.0. The van der Waals surface area contributed by atoms with Crippen LogP contribution in [0.1, 0.15) is 69.3 Å². The van der Waals surface area contributed by atoms with Crippen LogP contribution in [0.2, 0.25) is 5.02 Å². The van der Waals surface area contributed by atoms with Gasteiger partial charge in [0, 0.05) is 0 Å². The largest absolute Gasteiger partial charge is 0.462 e. The van der Waals surface area contributed by atoms with Crippen LogP contribution in [-0.2, 0) is 9.53 Å². The molecule has 0 atom stereocenters. The predicted molar refractivity (Wildman–Crippen MR) is 103 cm³/mol. The van der Waals surface area contributed by atoms with Gasteiger partial charge in [0.1, 0.15) is 11.9 Å². The van der Waals surface area contributed by atoms with Crippen LogP contribution in [0.3, 0.4) is 0 Å². The van der Waals surface area contributed by atoms with Crippen molar-refractivity contribution >= 4 is 17.6 Å². The minimum Gasteiger partial charge on any atom is -0.462 e. The topological polar surface area (TPSA) is 26.3 Å². The summed E-state index contributed by atoms with van der Waals surface area (Å²) in [5.74, 6) is 1.49. The molecule has 142 valence electrons. The zero-order valence-electron chi connectivity index (χ0n) is 15.3. The van der Waals surface area contributed by atoms with Crippen molar-refractivity contribution in [1.82, 2.24) is 0 Å². The van der Waals surface area contributed by atoms with Gasteiger partial charge in [-0.3, -0.25) is 4.79 Å². The van der Waals surface area contributed by atoms with Crippen LogP contribution in [0.25, 0.3) is 0 Å². The molecule has 0 amide bonds. The Bertz CT molecular complexity index is 629. The van der Waals surface area contributed by atoms with Crippen LogP contribution < -0.4 is 0 Å². The Labute approximate surface area is 160 Å². The van der Waals surface area contributed by atoms with Gasteiger partial charge in [0.15, 0.2) is 0 Å². The number of esters is 1. The van der Waals surface area contributed by atoms with E-state index in [1.807, 2.05) is 6.07 Å². The molecule has 0 radical (unpaired) electrons. The molecule has 0 heterocycles. The molecule has 0 aromatic heterocycles. The van der Waals surface area contributed by atoms with E-state index in [9.17, 15) is 9.18 Å². The fraction of sp³-hybridized carbons (Fsp3) is 0.591. The summed E-state index contributed by atoms with van der Waals surface area (Å²) >= 11 is 5.79. The SMILES string of the molecule is C=CCC(=O)OC1CCC(C2CCC(c3ccc(Cl)c(F)c3)CC2)CC1. The van der Waals surface area contributed by atoms with Crippen molar-refractivity contribution < 1.29 is 13.9 Å². The molecular formula is C22H28ClFO2. The fourth-order valence-electron chi connectivity index (χ4n) is 4.72. The number of hydrogen-bond acceptors (Lipinski definition) is 2. The number of carbonyl (C=O) groups excluding carboxylic acids is 1. The maximum Gasteiger partial charge on any atom is 0.309 e. The molecule has 4 heteroatoms. The van der Waals surface area contributed by atoms with E-state index in [0.717, 1.165) is 55.9 Å². The molecular weight excluding hydrogens is 351 g/mol. The summed E-state index contributed by atoms with van der Waals surface area (Å²) in [6.07, 6.45) is 10.9. The maximum absolute atomic E-state index is 13.7. The summed E-state index contributed by atoms with van der Waals surface area (Å²) in [5, 5.41) is 0.202. The number of ether oxygens (including phenoxy) is 1. The molecule has 0 unspecified atom stereocenters. The molecule has 26 heavy (non-hydrogen) atoms. The second-order valence-corrected chi connectivity index (χ2v) is 8.21. The Morgan fingerprint density at radius 3 is 2.31 bits per heavy atom. The van der Waals surface area contributed by atoms with Crippen LogP contribution in [0.5, 0.6) is 0 Å². The van der Waals surface area contributed by atoms with Gasteiger partial charge in [-0.15, -0.1) is 6.58 Å². The normalized spacial score (nSPS) is 29.2. The number of carbonyl (C=O) groups is 1. The first-order valence-electron chi connectivity index (χ1n) is 9.82. The summed E-state index contributed by atoms with van der Waals surface area (Å²) in [7, 11) is 0. The van der Waals surface area contributed by atoms with E-state index >= 15 is 0 Å².